The second-order valence-corrected chi connectivity index (χ2v) is 5.45. The number of non-ortho nitro benzene ring substituents is 1. The SMILES string of the molecule is CCc1csc([C@@H](C)Cc2ccc([N+](=O)[O-])cc2)n1. The molecule has 0 N–H and O–H groups in total. The van der Waals surface area contributed by atoms with Gasteiger partial charge in [0.25, 0.3) is 5.69 Å². The van der Waals surface area contributed by atoms with Crippen LogP contribution >= 0.6 is 11.3 Å². The van der Waals surface area contributed by atoms with E-state index in [0.29, 0.717) is 5.92 Å². The number of nitrogens with zero attached hydrogens (tertiary/aromatic N) is 2. The van der Waals surface area contributed by atoms with Crippen molar-refractivity contribution in [1.82, 2.24) is 4.98 Å². The van der Waals surface area contributed by atoms with E-state index in [1.165, 1.54) is 0 Å². The van der Waals surface area contributed by atoms with Crippen LogP contribution in [0.4, 0.5) is 5.69 Å². The van der Waals surface area contributed by atoms with E-state index in [1.54, 1.807) is 23.5 Å². The zero-order valence-corrected chi connectivity index (χ0v) is 11.8. The van der Waals surface area contributed by atoms with E-state index in [9.17, 15) is 10.1 Å². The number of hydrogen-bond acceptors (Lipinski definition) is 4. The molecule has 0 aliphatic carbocycles. The summed E-state index contributed by atoms with van der Waals surface area (Å²) >= 11 is 1.69. The van der Waals surface area contributed by atoms with Gasteiger partial charge in [0.2, 0.25) is 0 Å². The molecular formula is C14H16N2O2S. The zero-order valence-electron chi connectivity index (χ0n) is 11.0. The third-order valence-corrected chi connectivity index (χ3v) is 4.17. The standard InChI is InChI=1S/C14H16N2O2S/c1-3-12-9-19-14(15-12)10(2)8-11-4-6-13(7-5-11)16(17)18/h4-7,9-10H,3,8H2,1-2H3/t10-/m0/s1. The van der Waals surface area contributed by atoms with Gasteiger partial charge >= 0.3 is 0 Å². The first-order valence-corrected chi connectivity index (χ1v) is 7.15. The fraction of sp³-hybridized carbons (Fsp3) is 0.357. The van der Waals surface area contributed by atoms with Gasteiger partial charge < -0.3 is 0 Å². The highest BCUT2D eigenvalue weighted by atomic mass is 32.1. The van der Waals surface area contributed by atoms with Crippen LogP contribution in [0.15, 0.2) is 29.6 Å². The highest BCUT2D eigenvalue weighted by Crippen LogP contribution is 2.24. The Kier molecular flexibility index (Phi) is 4.27. The molecule has 2 aromatic rings. The van der Waals surface area contributed by atoms with E-state index in [2.05, 4.69) is 24.2 Å². The summed E-state index contributed by atoms with van der Waals surface area (Å²) in [5, 5.41) is 13.8. The third kappa shape index (κ3) is 3.38. The monoisotopic (exact) mass is 276 g/mol. The van der Waals surface area contributed by atoms with Crippen molar-refractivity contribution in [2.75, 3.05) is 0 Å². The second kappa shape index (κ2) is 5.93. The fourth-order valence-corrected chi connectivity index (χ4v) is 2.87. The summed E-state index contributed by atoms with van der Waals surface area (Å²) in [5.74, 6) is 0.340. The molecule has 1 aromatic heterocycles. The third-order valence-electron chi connectivity index (χ3n) is 3.04. The first kappa shape index (κ1) is 13.7. The topological polar surface area (TPSA) is 56.0 Å². The van der Waals surface area contributed by atoms with Crippen LogP contribution in [-0.4, -0.2) is 9.91 Å². The lowest BCUT2D eigenvalue weighted by Gasteiger charge is -2.08. The van der Waals surface area contributed by atoms with Crippen molar-refractivity contribution in [3.8, 4) is 0 Å². The van der Waals surface area contributed by atoms with Crippen molar-refractivity contribution in [2.45, 2.75) is 32.6 Å². The number of aryl methyl sites for hydroxylation is 1. The van der Waals surface area contributed by atoms with Crippen LogP contribution in [0.25, 0.3) is 0 Å². The fourth-order valence-electron chi connectivity index (χ4n) is 1.91. The van der Waals surface area contributed by atoms with Crippen LogP contribution in [-0.2, 0) is 12.8 Å². The first-order valence-electron chi connectivity index (χ1n) is 6.27. The molecule has 0 aliphatic heterocycles. The summed E-state index contributed by atoms with van der Waals surface area (Å²) < 4.78 is 0. The Bertz CT molecular complexity index is 563. The number of benzene rings is 1. The number of rotatable bonds is 5. The van der Waals surface area contributed by atoms with Gasteiger partial charge in [0, 0.05) is 23.4 Å². The lowest BCUT2D eigenvalue weighted by Crippen LogP contribution is -1.98. The first-order chi connectivity index (χ1) is 9.10. The molecule has 0 bridgehead atoms. The van der Waals surface area contributed by atoms with Crippen LogP contribution in [0.2, 0.25) is 0 Å². The quantitative estimate of drug-likeness (QED) is 0.613. The Labute approximate surface area is 116 Å². The molecule has 1 aromatic carbocycles. The minimum atomic E-state index is -0.373. The summed E-state index contributed by atoms with van der Waals surface area (Å²) in [6.45, 7) is 4.24. The molecule has 19 heavy (non-hydrogen) atoms. The normalized spacial score (nSPS) is 12.3. The van der Waals surface area contributed by atoms with Crippen molar-refractivity contribution < 1.29 is 4.92 Å². The van der Waals surface area contributed by atoms with Gasteiger partial charge in [0.05, 0.1) is 15.6 Å². The maximum Gasteiger partial charge on any atom is 0.269 e. The van der Waals surface area contributed by atoms with Crippen molar-refractivity contribution in [3.63, 3.8) is 0 Å². The van der Waals surface area contributed by atoms with Crippen LogP contribution in [0.5, 0.6) is 0 Å². The summed E-state index contributed by atoms with van der Waals surface area (Å²) in [4.78, 5) is 14.8. The van der Waals surface area contributed by atoms with Gasteiger partial charge in [0.1, 0.15) is 0 Å². The van der Waals surface area contributed by atoms with Gasteiger partial charge in [-0.3, -0.25) is 10.1 Å². The lowest BCUT2D eigenvalue weighted by atomic mass is 10.0. The van der Waals surface area contributed by atoms with Gasteiger partial charge in [0.15, 0.2) is 0 Å². The second-order valence-electron chi connectivity index (χ2n) is 4.56. The van der Waals surface area contributed by atoms with Gasteiger partial charge in [-0.05, 0) is 18.4 Å². The van der Waals surface area contributed by atoms with Gasteiger partial charge in [-0.25, -0.2) is 4.98 Å². The van der Waals surface area contributed by atoms with Crippen LogP contribution in [0.3, 0.4) is 0 Å². The molecule has 0 saturated carbocycles. The van der Waals surface area contributed by atoms with E-state index < -0.39 is 0 Å². The molecule has 0 unspecified atom stereocenters. The number of aromatic nitrogens is 1. The minimum Gasteiger partial charge on any atom is -0.258 e. The largest absolute Gasteiger partial charge is 0.269 e. The molecule has 2 rings (SSSR count). The molecule has 0 amide bonds. The molecule has 0 radical (unpaired) electrons. The molecule has 1 atom stereocenters. The van der Waals surface area contributed by atoms with E-state index >= 15 is 0 Å². The molecule has 1 heterocycles. The summed E-state index contributed by atoms with van der Waals surface area (Å²) in [5.41, 5.74) is 2.38. The number of hydrogen-bond donors (Lipinski definition) is 0. The summed E-state index contributed by atoms with van der Waals surface area (Å²) in [7, 11) is 0. The molecule has 0 spiro atoms. The van der Waals surface area contributed by atoms with E-state index in [0.717, 1.165) is 29.1 Å². The highest BCUT2D eigenvalue weighted by Gasteiger charge is 2.12. The zero-order chi connectivity index (χ0) is 13.8. The maximum absolute atomic E-state index is 10.6. The van der Waals surface area contributed by atoms with Gasteiger partial charge in [-0.15, -0.1) is 11.3 Å². The maximum atomic E-state index is 10.6. The van der Waals surface area contributed by atoms with Gasteiger partial charge in [-0.1, -0.05) is 26.0 Å². The Balaban J connectivity index is 2.05. The lowest BCUT2D eigenvalue weighted by molar-refractivity contribution is -0.384. The summed E-state index contributed by atoms with van der Waals surface area (Å²) in [6.07, 6.45) is 1.81. The van der Waals surface area contributed by atoms with Crippen molar-refractivity contribution in [2.24, 2.45) is 0 Å². The van der Waals surface area contributed by atoms with Crippen LogP contribution in [0, 0.1) is 10.1 Å². The van der Waals surface area contributed by atoms with Crippen LogP contribution in [0.1, 0.15) is 36.0 Å². The van der Waals surface area contributed by atoms with Crippen molar-refractivity contribution >= 4 is 17.0 Å². The van der Waals surface area contributed by atoms with Gasteiger partial charge in [-0.2, -0.15) is 0 Å². The molecular weight excluding hydrogens is 260 g/mol. The molecule has 4 nitrogen and oxygen atoms in total. The predicted octanol–water partition coefficient (Wildman–Crippen LogP) is 3.96. The number of nitro benzene ring substituents is 1. The highest BCUT2D eigenvalue weighted by molar-refractivity contribution is 7.09. The average molecular weight is 276 g/mol. The predicted molar refractivity (Wildman–Crippen MR) is 76.7 cm³/mol. The molecule has 0 aliphatic rings. The smallest absolute Gasteiger partial charge is 0.258 e. The molecule has 0 fully saturated rings. The number of nitro groups is 1. The van der Waals surface area contributed by atoms with E-state index in [4.69, 9.17) is 0 Å². The molecule has 100 valence electrons. The Hall–Kier alpha value is -1.75. The molecule has 5 heteroatoms. The van der Waals surface area contributed by atoms with E-state index in [-0.39, 0.29) is 10.6 Å². The Morgan fingerprint density at radius 1 is 1.37 bits per heavy atom. The van der Waals surface area contributed by atoms with E-state index in [1.807, 2.05) is 12.1 Å². The van der Waals surface area contributed by atoms with Crippen molar-refractivity contribution in [1.29, 1.82) is 0 Å². The van der Waals surface area contributed by atoms with Crippen molar-refractivity contribution in [3.05, 3.63) is 56.0 Å². The minimum absolute atomic E-state index is 0.138. The average Bonchev–Trinajstić information content (AvgIpc) is 2.88. The Morgan fingerprint density at radius 3 is 2.58 bits per heavy atom. The Morgan fingerprint density at radius 2 is 2.05 bits per heavy atom. The van der Waals surface area contributed by atoms with Crippen LogP contribution < -0.4 is 0 Å². The molecule has 0 saturated heterocycles. The summed E-state index contributed by atoms with van der Waals surface area (Å²) in [6, 6.07) is 6.76. The number of thiazole rings is 1.